The van der Waals surface area contributed by atoms with E-state index >= 15 is 0 Å². The van der Waals surface area contributed by atoms with E-state index in [4.69, 9.17) is 10.00 Å². The molecule has 0 fully saturated rings. The fourth-order valence-electron chi connectivity index (χ4n) is 1.05. The first-order chi connectivity index (χ1) is 7.24. The molecule has 1 aromatic rings. The first-order valence-electron chi connectivity index (χ1n) is 4.56. The molecule has 0 aliphatic heterocycles. The maximum Gasteiger partial charge on any atom is 0.258 e. The normalized spacial score (nSPS) is 9.07. The van der Waals surface area contributed by atoms with Crippen LogP contribution in [0.5, 0.6) is 5.75 Å². The summed E-state index contributed by atoms with van der Waals surface area (Å²) in [6, 6.07) is 9.27. The molecule has 0 saturated carbocycles. The van der Waals surface area contributed by atoms with Crippen LogP contribution in [0, 0.1) is 18.3 Å². The minimum Gasteiger partial charge on any atom is -0.484 e. The molecule has 0 unspecified atom stereocenters. The minimum atomic E-state index is -0.292. The number of benzene rings is 1. The molecule has 0 aliphatic rings. The quantitative estimate of drug-likeness (QED) is 0.744. The molecule has 1 N–H and O–H groups in total. The Bertz CT molecular complexity index is 382. The van der Waals surface area contributed by atoms with Crippen LogP contribution in [0.3, 0.4) is 0 Å². The standard InChI is InChI=1S/C11H12N2O2/c1-9-4-2-3-5-10(9)15-8-11(14)13-7-6-12/h2-5H,7-8H2,1H3,(H,13,14). The first-order valence-corrected chi connectivity index (χ1v) is 4.56. The molecule has 1 amide bonds. The average molecular weight is 204 g/mol. The van der Waals surface area contributed by atoms with Gasteiger partial charge in [0, 0.05) is 0 Å². The molecule has 0 aliphatic carbocycles. The van der Waals surface area contributed by atoms with Crippen LogP contribution >= 0.6 is 0 Å². The molecule has 0 aromatic heterocycles. The van der Waals surface area contributed by atoms with Gasteiger partial charge in [-0.15, -0.1) is 0 Å². The molecular weight excluding hydrogens is 192 g/mol. The highest BCUT2D eigenvalue weighted by molar-refractivity contribution is 5.77. The summed E-state index contributed by atoms with van der Waals surface area (Å²) < 4.78 is 5.27. The van der Waals surface area contributed by atoms with Gasteiger partial charge in [0.15, 0.2) is 6.61 Å². The van der Waals surface area contributed by atoms with Crippen molar-refractivity contribution < 1.29 is 9.53 Å². The summed E-state index contributed by atoms with van der Waals surface area (Å²) in [7, 11) is 0. The zero-order valence-corrected chi connectivity index (χ0v) is 8.49. The third-order valence-electron chi connectivity index (χ3n) is 1.82. The Labute approximate surface area is 88.5 Å². The molecule has 4 heteroatoms. The van der Waals surface area contributed by atoms with Gasteiger partial charge in [0.05, 0.1) is 6.07 Å². The summed E-state index contributed by atoms with van der Waals surface area (Å²) in [5.41, 5.74) is 0.977. The van der Waals surface area contributed by atoms with Gasteiger partial charge in [-0.05, 0) is 18.6 Å². The van der Waals surface area contributed by atoms with E-state index in [0.717, 1.165) is 5.56 Å². The average Bonchev–Trinajstić information content (AvgIpc) is 2.25. The Morgan fingerprint density at radius 2 is 2.27 bits per heavy atom. The lowest BCUT2D eigenvalue weighted by atomic mass is 10.2. The lowest BCUT2D eigenvalue weighted by molar-refractivity contribution is -0.122. The number of nitriles is 1. The Morgan fingerprint density at radius 3 is 2.93 bits per heavy atom. The van der Waals surface area contributed by atoms with Crippen molar-refractivity contribution in [2.75, 3.05) is 13.2 Å². The number of nitrogens with zero attached hydrogens (tertiary/aromatic N) is 1. The third-order valence-corrected chi connectivity index (χ3v) is 1.82. The van der Waals surface area contributed by atoms with E-state index in [9.17, 15) is 4.79 Å². The van der Waals surface area contributed by atoms with E-state index in [1.165, 1.54) is 0 Å². The second kappa shape index (κ2) is 5.66. The molecule has 0 saturated heterocycles. The Kier molecular flexibility index (Phi) is 4.17. The van der Waals surface area contributed by atoms with Crippen LogP contribution in [0.25, 0.3) is 0 Å². The summed E-state index contributed by atoms with van der Waals surface area (Å²) >= 11 is 0. The maximum absolute atomic E-state index is 11.1. The molecule has 15 heavy (non-hydrogen) atoms. The van der Waals surface area contributed by atoms with Gasteiger partial charge in [-0.25, -0.2) is 0 Å². The number of amides is 1. The molecular formula is C11H12N2O2. The number of para-hydroxylation sites is 1. The van der Waals surface area contributed by atoms with Crippen LogP contribution in [-0.4, -0.2) is 19.1 Å². The van der Waals surface area contributed by atoms with Crippen molar-refractivity contribution in [2.24, 2.45) is 0 Å². The number of rotatable bonds is 4. The SMILES string of the molecule is Cc1ccccc1OCC(=O)NCC#N. The van der Waals surface area contributed by atoms with E-state index in [2.05, 4.69) is 5.32 Å². The summed E-state index contributed by atoms with van der Waals surface area (Å²) in [5.74, 6) is 0.393. The van der Waals surface area contributed by atoms with E-state index in [1.54, 1.807) is 6.07 Å². The third kappa shape index (κ3) is 3.69. The van der Waals surface area contributed by atoms with Gasteiger partial charge >= 0.3 is 0 Å². The van der Waals surface area contributed by atoms with Crippen LogP contribution in [0.1, 0.15) is 5.56 Å². The number of hydrogen-bond donors (Lipinski definition) is 1. The van der Waals surface area contributed by atoms with Gasteiger partial charge in [-0.2, -0.15) is 5.26 Å². The largest absolute Gasteiger partial charge is 0.484 e. The molecule has 1 aromatic carbocycles. The number of ether oxygens (including phenoxy) is 1. The lowest BCUT2D eigenvalue weighted by Crippen LogP contribution is -2.29. The Balaban J connectivity index is 2.41. The van der Waals surface area contributed by atoms with E-state index in [-0.39, 0.29) is 19.1 Å². The Morgan fingerprint density at radius 1 is 1.53 bits per heavy atom. The van der Waals surface area contributed by atoms with Gasteiger partial charge in [-0.3, -0.25) is 4.79 Å². The highest BCUT2D eigenvalue weighted by Gasteiger charge is 2.02. The van der Waals surface area contributed by atoms with Crippen molar-refractivity contribution >= 4 is 5.91 Å². The monoisotopic (exact) mass is 204 g/mol. The number of carbonyl (C=O) groups excluding carboxylic acids is 1. The Hall–Kier alpha value is -2.02. The summed E-state index contributed by atoms with van der Waals surface area (Å²) in [6.45, 7) is 1.85. The minimum absolute atomic E-state index is 0.00989. The number of carbonyl (C=O) groups is 1. The van der Waals surface area contributed by atoms with Crippen molar-refractivity contribution in [3.63, 3.8) is 0 Å². The van der Waals surface area contributed by atoms with Gasteiger partial charge in [0.2, 0.25) is 0 Å². The lowest BCUT2D eigenvalue weighted by Gasteiger charge is -2.07. The van der Waals surface area contributed by atoms with E-state index < -0.39 is 0 Å². The zero-order chi connectivity index (χ0) is 11.1. The van der Waals surface area contributed by atoms with Crippen LogP contribution in [0.15, 0.2) is 24.3 Å². The molecule has 0 spiro atoms. The van der Waals surface area contributed by atoms with Gasteiger partial charge < -0.3 is 10.1 Å². The highest BCUT2D eigenvalue weighted by Crippen LogP contribution is 2.15. The smallest absolute Gasteiger partial charge is 0.258 e. The van der Waals surface area contributed by atoms with Crippen LogP contribution < -0.4 is 10.1 Å². The van der Waals surface area contributed by atoms with Crippen molar-refractivity contribution in [1.82, 2.24) is 5.32 Å². The summed E-state index contributed by atoms with van der Waals surface area (Å²) in [6.07, 6.45) is 0. The molecule has 0 bridgehead atoms. The number of nitrogens with one attached hydrogen (secondary N) is 1. The second-order valence-electron chi connectivity index (χ2n) is 2.99. The molecule has 0 radical (unpaired) electrons. The van der Waals surface area contributed by atoms with Crippen molar-refractivity contribution in [1.29, 1.82) is 5.26 Å². The topological polar surface area (TPSA) is 62.1 Å². The molecule has 0 atom stereocenters. The summed E-state index contributed by atoms with van der Waals surface area (Å²) in [4.78, 5) is 11.1. The van der Waals surface area contributed by atoms with Crippen LogP contribution in [0.2, 0.25) is 0 Å². The van der Waals surface area contributed by atoms with Crippen molar-refractivity contribution in [3.8, 4) is 11.8 Å². The maximum atomic E-state index is 11.1. The van der Waals surface area contributed by atoms with Crippen LogP contribution in [0.4, 0.5) is 0 Å². The van der Waals surface area contributed by atoms with E-state index in [1.807, 2.05) is 31.2 Å². The van der Waals surface area contributed by atoms with Gasteiger partial charge in [0.25, 0.3) is 5.91 Å². The second-order valence-corrected chi connectivity index (χ2v) is 2.99. The van der Waals surface area contributed by atoms with Crippen molar-refractivity contribution in [2.45, 2.75) is 6.92 Å². The molecule has 78 valence electrons. The van der Waals surface area contributed by atoms with Crippen molar-refractivity contribution in [3.05, 3.63) is 29.8 Å². The number of aryl methyl sites for hydroxylation is 1. The van der Waals surface area contributed by atoms with E-state index in [0.29, 0.717) is 5.75 Å². The predicted octanol–water partition coefficient (Wildman–Crippen LogP) is 1.01. The molecule has 4 nitrogen and oxygen atoms in total. The first kappa shape index (κ1) is 11.1. The molecule has 1 rings (SSSR count). The fraction of sp³-hybridized carbons (Fsp3) is 0.273. The van der Waals surface area contributed by atoms with Gasteiger partial charge in [0.1, 0.15) is 12.3 Å². The highest BCUT2D eigenvalue weighted by atomic mass is 16.5. The fourth-order valence-corrected chi connectivity index (χ4v) is 1.05. The summed E-state index contributed by atoms with van der Waals surface area (Å²) in [5, 5.41) is 10.6. The number of hydrogen-bond acceptors (Lipinski definition) is 3. The van der Waals surface area contributed by atoms with Gasteiger partial charge in [-0.1, -0.05) is 18.2 Å². The predicted molar refractivity (Wildman–Crippen MR) is 55.3 cm³/mol. The molecule has 0 heterocycles. The zero-order valence-electron chi connectivity index (χ0n) is 8.49. The van der Waals surface area contributed by atoms with Crippen LogP contribution in [-0.2, 0) is 4.79 Å².